The molecule has 3 heterocycles. The molecule has 1 atom stereocenters. The molecule has 0 spiro atoms. The number of sulfonamides is 1. The summed E-state index contributed by atoms with van der Waals surface area (Å²) in [6, 6.07) is 10.7. The summed E-state index contributed by atoms with van der Waals surface area (Å²) in [5, 5.41) is 3.52. The van der Waals surface area contributed by atoms with Gasteiger partial charge >= 0.3 is 0 Å². The number of benzene rings is 2. The number of hydrogen-bond acceptors (Lipinski definition) is 9. The molecule has 4 aromatic rings. The average Bonchev–Trinajstić information content (AvgIpc) is 2.98. The van der Waals surface area contributed by atoms with Crippen molar-refractivity contribution in [3.05, 3.63) is 80.6 Å². The van der Waals surface area contributed by atoms with Crippen LogP contribution in [0.2, 0.25) is 5.15 Å². The van der Waals surface area contributed by atoms with Gasteiger partial charge in [-0.3, -0.25) is 19.0 Å². The van der Waals surface area contributed by atoms with Crippen molar-refractivity contribution in [2.45, 2.75) is 26.8 Å². The first-order valence-electron chi connectivity index (χ1n) is 14.4. The van der Waals surface area contributed by atoms with E-state index in [0.29, 0.717) is 53.9 Å². The number of aryl methyl sites for hydroxylation is 1. The normalized spacial score (nSPS) is 14.3. The van der Waals surface area contributed by atoms with E-state index in [1.165, 1.54) is 29.7 Å². The lowest BCUT2D eigenvalue weighted by Crippen LogP contribution is -2.48. The van der Waals surface area contributed by atoms with E-state index in [-0.39, 0.29) is 33.8 Å². The third-order valence-electron chi connectivity index (χ3n) is 7.82. The lowest BCUT2D eigenvalue weighted by molar-refractivity contribution is -0.129. The maximum Gasteiger partial charge on any atom is 0.285 e. The second-order valence-electron chi connectivity index (χ2n) is 11.3. The summed E-state index contributed by atoms with van der Waals surface area (Å²) in [6.45, 7) is 7.14. The van der Waals surface area contributed by atoms with Crippen LogP contribution in [0.5, 0.6) is 0 Å². The molecule has 1 aliphatic rings. The molecule has 0 saturated carbocycles. The van der Waals surface area contributed by atoms with Crippen LogP contribution in [0, 0.1) is 12.7 Å². The van der Waals surface area contributed by atoms with Crippen molar-refractivity contribution in [2.75, 3.05) is 42.7 Å². The highest BCUT2D eigenvalue weighted by Gasteiger charge is 2.24. The van der Waals surface area contributed by atoms with Crippen LogP contribution in [0.15, 0.2) is 47.3 Å². The molecule has 2 amide bonds. The minimum Gasteiger partial charge on any atom is -0.377 e. The molecule has 2 aromatic carbocycles. The maximum atomic E-state index is 15.5. The Bertz CT molecular complexity index is 2050. The third kappa shape index (κ3) is 6.82. The molecule has 5 rings (SSSR count). The number of pyridine rings is 1. The third-order valence-corrected chi connectivity index (χ3v) is 8.59. The van der Waals surface area contributed by atoms with Gasteiger partial charge in [-0.1, -0.05) is 17.7 Å². The number of amides is 2. The predicted molar refractivity (Wildman–Crippen MR) is 175 cm³/mol. The van der Waals surface area contributed by atoms with E-state index in [1.807, 2.05) is 22.6 Å². The fourth-order valence-electron chi connectivity index (χ4n) is 5.56. The Morgan fingerprint density at radius 1 is 1.04 bits per heavy atom. The second kappa shape index (κ2) is 12.7. The number of fused-ring (bicyclic) bond motifs is 1. The number of aromatic nitrogens is 3. The molecule has 0 aliphatic carbocycles. The van der Waals surface area contributed by atoms with E-state index in [9.17, 15) is 22.8 Å². The second-order valence-corrected chi connectivity index (χ2v) is 13.4. The molecule has 1 saturated heterocycles. The largest absolute Gasteiger partial charge is 0.377 e. The van der Waals surface area contributed by atoms with Gasteiger partial charge in [-0.25, -0.2) is 27.5 Å². The van der Waals surface area contributed by atoms with E-state index in [0.717, 1.165) is 11.8 Å². The quantitative estimate of drug-likeness (QED) is 0.282. The van der Waals surface area contributed by atoms with Crippen molar-refractivity contribution in [3.8, 4) is 11.4 Å². The molecule has 0 bridgehead atoms. The van der Waals surface area contributed by atoms with Gasteiger partial charge in [0.05, 0.1) is 34.6 Å². The monoisotopic (exact) mass is 669 g/mol. The van der Waals surface area contributed by atoms with E-state index in [2.05, 4.69) is 10.3 Å². The number of anilines is 2. The van der Waals surface area contributed by atoms with Crippen LogP contribution in [-0.4, -0.2) is 72.1 Å². The molecule has 46 heavy (non-hydrogen) atoms. The van der Waals surface area contributed by atoms with Crippen LogP contribution >= 0.6 is 11.6 Å². The first-order valence-corrected chi connectivity index (χ1v) is 16.7. The van der Waals surface area contributed by atoms with Gasteiger partial charge in [0.1, 0.15) is 16.8 Å². The summed E-state index contributed by atoms with van der Waals surface area (Å²) in [5.74, 6) is -1.20. The standard InChI is InChI=1S/C31H33ClFN7O5S/c1-17-14-21(18(2)34-24-7-9-26(32)35-28(24)30(42)37-46(5,44)45)27-22(15-17)31(43)38(4)29(36-27)20-6-8-25(23(33)16-20)40-12-10-39(11-13-40)19(3)41/h6-9,14-16,18,34H,10-13H2,1-5H3,(H,37,42)/t18-/m1/s1. The maximum absolute atomic E-state index is 15.5. The van der Waals surface area contributed by atoms with Crippen molar-refractivity contribution in [1.82, 2.24) is 24.2 Å². The average molecular weight is 670 g/mol. The van der Waals surface area contributed by atoms with Crippen LogP contribution in [0.3, 0.4) is 0 Å². The van der Waals surface area contributed by atoms with Gasteiger partial charge < -0.3 is 15.1 Å². The first kappa shape index (κ1) is 32.8. The Balaban J connectivity index is 1.53. The summed E-state index contributed by atoms with van der Waals surface area (Å²) in [7, 11) is -2.30. The van der Waals surface area contributed by atoms with Crippen molar-refractivity contribution in [2.24, 2.45) is 7.05 Å². The Morgan fingerprint density at radius 3 is 2.37 bits per heavy atom. The Morgan fingerprint density at radius 2 is 1.74 bits per heavy atom. The zero-order chi connectivity index (χ0) is 33.5. The number of rotatable bonds is 7. The van der Waals surface area contributed by atoms with Crippen LogP contribution in [0.25, 0.3) is 22.3 Å². The SMILES string of the molecule is CC(=O)N1CCN(c2ccc(-c3nc4c([C@@H](C)Nc5ccc(Cl)nc5C(=O)NS(C)(=O)=O)cc(C)cc4c(=O)n3C)cc2F)CC1. The molecule has 0 radical (unpaired) electrons. The molecule has 2 N–H and O–H groups in total. The van der Waals surface area contributed by atoms with Gasteiger partial charge in [0.15, 0.2) is 5.69 Å². The van der Waals surface area contributed by atoms with Gasteiger partial charge in [-0.05, 0) is 55.8 Å². The van der Waals surface area contributed by atoms with Gasteiger partial charge in [-0.15, -0.1) is 0 Å². The topological polar surface area (TPSA) is 147 Å². The predicted octanol–water partition coefficient (Wildman–Crippen LogP) is 3.63. The molecule has 1 fully saturated rings. The molecule has 2 aromatic heterocycles. The highest BCUT2D eigenvalue weighted by molar-refractivity contribution is 7.89. The van der Waals surface area contributed by atoms with Crippen molar-refractivity contribution in [1.29, 1.82) is 0 Å². The summed E-state index contributed by atoms with van der Waals surface area (Å²) in [4.78, 5) is 50.5. The van der Waals surface area contributed by atoms with Crippen LogP contribution in [-0.2, 0) is 21.9 Å². The van der Waals surface area contributed by atoms with Crippen molar-refractivity contribution in [3.63, 3.8) is 0 Å². The summed E-state index contributed by atoms with van der Waals surface area (Å²) in [6.07, 6.45) is 0.851. The minimum atomic E-state index is -3.87. The minimum absolute atomic E-state index is 0.00997. The Hall–Kier alpha value is -4.56. The van der Waals surface area contributed by atoms with Crippen molar-refractivity contribution >= 4 is 55.7 Å². The van der Waals surface area contributed by atoms with Gasteiger partial charge in [-0.2, -0.15) is 0 Å². The van der Waals surface area contributed by atoms with Gasteiger partial charge in [0, 0.05) is 51.3 Å². The number of piperazine rings is 1. The molecule has 12 nitrogen and oxygen atoms in total. The highest BCUT2D eigenvalue weighted by atomic mass is 35.5. The summed E-state index contributed by atoms with van der Waals surface area (Å²) in [5.41, 5.74) is 2.22. The Kier molecular flexibility index (Phi) is 9.05. The van der Waals surface area contributed by atoms with Gasteiger partial charge in [0.25, 0.3) is 11.5 Å². The van der Waals surface area contributed by atoms with Crippen molar-refractivity contribution < 1.29 is 22.4 Å². The molecule has 242 valence electrons. The van der Waals surface area contributed by atoms with Crippen LogP contribution < -0.4 is 20.5 Å². The highest BCUT2D eigenvalue weighted by Crippen LogP contribution is 2.31. The van der Waals surface area contributed by atoms with Crippen LogP contribution in [0.4, 0.5) is 15.8 Å². The zero-order valence-electron chi connectivity index (χ0n) is 25.9. The Labute approximate surface area is 270 Å². The lowest BCUT2D eigenvalue weighted by atomic mass is 10.0. The number of hydrogen-bond donors (Lipinski definition) is 2. The number of nitrogens with zero attached hydrogens (tertiary/aromatic N) is 5. The smallest absolute Gasteiger partial charge is 0.285 e. The fourth-order valence-corrected chi connectivity index (χ4v) is 6.14. The number of nitrogens with one attached hydrogen (secondary N) is 2. The summed E-state index contributed by atoms with van der Waals surface area (Å²) >= 11 is 6.02. The zero-order valence-corrected chi connectivity index (χ0v) is 27.5. The molecular weight excluding hydrogens is 637 g/mol. The molecule has 1 aliphatic heterocycles. The fraction of sp³-hybridized carbons (Fsp3) is 0.323. The molecule has 0 unspecified atom stereocenters. The molecule has 15 heteroatoms. The van der Waals surface area contributed by atoms with E-state index in [4.69, 9.17) is 16.6 Å². The van der Waals surface area contributed by atoms with E-state index < -0.39 is 27.8 Å². The number of carbonyl (C=O) groups is 2. The van der Waals surface area contributed by atoms with E-state index in [1.54, 1.807) is 37.1 Å². The lowest BCUT2D eigenvalue weighted by Gasteiger charge is -2.35. The first-order chi connectivity index (χ1) is 21.6. The molecular formula is C31H33ClFN7O5S. The van der Waals surface area contributed by atoms with E-state index >= 15 is 4.39 Å². The summed E-state index contributed by atoms with van der Waals surface area (Å²) < 4.78 is 42.2. The van der Waals surface area contributed by atoms with Crippen LogP contribution in [0.1, 0.15) is 41.5 Å². The number of halogens is 2. The number of carbonyl (C=O) groups excluding carboxylic acids is 2. The van der Waals surface area contributed by atoms with Gasteiger partial charge in [0.2, 0.25) is 15.9 Å².